The van der Waals surface area contributed by atoms with Gasteiger partial charge in [0.15, 0.2) is 0 Å². The Balaban J connectivity index is 1.62. The quantitative estimate of drug-likeness (QED) is 0.720. The van der Waals surface area contributed by atoms with Gasteiger partial charge in [0, 0.05) is 30.9 Å². The minimum absolute atomic E-state index is 0.0808. The molecule has 1 aromatic carbocycles. The van der Waals surface area contributed by atoms with Gasteiger partial charge in [-0.15, -0.1) is 0 Å². The number of carbonyl (C=O) groups is 1. The Bertz CT molecular complexity index is 917. The highest BCUT2D eigenvalue weighted by Crippen LogP contribution is 2.25. The highest BCUT2D eigenvalue weighted by Gasteiger charge is 2.26. The van der Waals surface area contributed by atoms with Crippen LogP contribution in [0.25, 0.3) is 10.9 Å². The fraction of sp³-hybridized carbons (Fsp3) is 0.350. The molecule has 0 bridgehead atoms. The number of likely N-dealkylation sites (tertiary alicyclic amines) is 1. The molecule has 0 unspecified atom stereocenters. The number of piperidine rings is 1. The first-order chi connectivity index (χ1) is 12.1. The van der Waals surface area contributed by atoms with Crippen molar-refractivity contribution in [3.8, 4) is 0 Å². The van der Waals surface area contributed by atoms with Gasteiger partial charge in [0.05, 0.1) is 29.1 Å². The average Bonchev–Trinajstić information content (AvgIpc) is 3.15. The summed E-state index contributed by atoms with van der Waals surface area (Å²) in [7, 11) is 0. The molecule has 25 heavy (non-hydrogen) atoms. The number of fused-ring (bicyclic) bond motifs is 1. The van der Waals surface area contributed by atoms with E-state index in [0.29, 0.717) is 11.6 Å². The second-order valence-electron chi connectivity index (χ2n) is 6.87. The van der Waals surface area contributed by atoms with Crippen LogP contribution in [-0.4, -0.2) is 38.4 Å². The third-order valence-electron chi connectivity index (χ3n) is 5.02. The van der Waals surface area contributed by atoms with Crippen LogP contribution in [0.1, 0.15) is 40.5 Å². The monoisotopic (exact) mass is 334 g/mol. The minimum Gasteiger partial charge on any atom is -0.337 e. The van der Waals surface area contributed by atoms with E-state index in [-0.39, 0.29) is 5.91 Å². The van der Waals surface area contributed by atoms with Gasteiger partial charge in [-0.3, -0.25) is 9.78 Å². The Morgan fingerprint density at radius 3 is 2.92 bits per heavy atom. The lowest BCUT2D eigenvalue weighted by atomic mass is 10.0. The van der Waals surface area contributed by atoms with Crippen molar-refractivity contribution in [2.24, 2.45) is 0 Å². The van der Waals surface area contributed by atoms with Gasteiger partial charge in [-0.05, 0) is 44.4 Å². The Labute approximate surface area is 147 Å². The smallest absolute Gasteiger partial charge is 0.255 e. The SMILES string of the molecule is Cc1ccc2cc(C(=O)N3CCC[C@@H](n4ccnc4)C3)c(C)nc2c1. The predicted molar refractivity (Wildman–Crippen MR) is 97.6 cm³/mol. The summed E-state index contributed by atoms with van der Waals surface area (Å²) in [6, 6.07) is 8.45. The van der Waals surface area contributed by atoms with Crippen molar-refractivity contribution >= 4 is 16.8 Å². The van der Waals surface area contributed by atoms with Gasteiger partial charge in [-0.2, -0.15) is 0 Å². The molecule has 1 saturated heterocycles. The zero-order valence-corrected chi connectivity index (χ0v) is 14.6. The lowest BCUT2D eigenvalue weighted by Gasteiger charge is -2.33. The Morgan fingerprint density at radius 1 is 1.24 bits per heavy atom. The maximum absolute atomic E-state index is 13.1. The van der Waals surface area contributed by atoms with Gasteiger partial charge < -0.3 is 9.47 Å². The number of hydrogen-bond donors (Lipinski definition) is 0. The molecule has 1 amide bonds. The molecule has 0 radical (unpaired) electrons. The lowest BCUT2D eigenvalue weighted by molar-refractivity contribution is 0.0678. The summed E-state index contributed by atoms with van der Waals surface area (Å²) in [5, 5.41) is 1.02. The van der Waals surface area contributed by atoms with E-state index >= 15 is 0 Å². The molecule has 1 fully saturated rings. The molecule has 1 aliphatic rings. The molecule has 0 spiro atoms. The number of carbonyl (C=O) groups excluding carboxylic acids is 1. The summed E-state index contributed by atoms with van der Waals surface area (Å²) in [5.74, 6) is 0.0808. The van der Waals surface area contributed by atoms with Crippen LogP contribution in [0, 0.1) is 13.8 Å². The fourth-order valence-corrected chi connectivity index (χ4v) is 3.63. The Kier molecular flexibility index (Phi) is 3.99. The van der Waals surface area contributed by atoms with Crippen molar-refractivity contribution < 1.29 is 4.79 Å². The summed E-state index contributed by atoms with van der Waals surface area (Å²) < 4.78 is 2.10. The van der Waals surface area contributed by atoms with E-state index in [1.807, 2.05) is 36.5 Å². The zero-order valence-electron chi connectivity index (χ0n) is 14.6. The fourth-order valence-electron chi connectivity index (χ4n) is 3.63. The number of imidazole rings is 1. The average molecular weight is 334 g/mol. The number of aryl methyl sites for hydroxylation is 2. The third kappa shape index (κ3) is 3.02. The minimum atomic E-state index is 0.0808. The Morgan fingerprint density at radius 2 is 2.12 bits per heavy atom. The van der Waals surface area contributed by atoms with Crippen LogP contribution in [0.4, 0.5) is 0 Å². The van der Waals surface area contributed by atoms with E-state index in [1.54, 1.807) is 6.20 Å². The molecular formula is C20H22N4O. The van der Waals surface area contributed by atoms with E-state index in [1.165, 1.54) is 5.56 Å². The highest BCUT2D eigenvalue weighted by molar-refractivity contribution is 5.98. The first-order valence-corrected chi connectivity index (χ1v) is 8.76. The highest BCUT2D eigenvalue weighted by atomic mass is 16.2. The second kappa shape index (κ2) is 6.31. The second-order valence-corrected chi connectivity index (χ2v) is 6.87. The number of benzene rings is 1. The van der Waals surface area contributed by atoms with Gasteiger partial charge in [-0.25, -0.2) is 4.98 Å². The molecule has 128 valence electrons. The van der Waals surface area contributed by atoms with Crippen LogP contribution in [-0.2, 0) is 0 Å². The van der Waals surface area contributed by atoms with Gasteiger partial charge in [-0.1, -0.05) is 12.1 Å². The zero-order chi connectivity index (χ0) is 17.4. The van der Waals surface area contributed by atoms with Crippen LogP contribution in [0.15, 0.2) is 43.0 Å². The summed E-state index contributed by atoms with van der Waals surface area (Å²) in [5.41, 5.74) is 3.64. The topological polar surface area (TPSA) is 51.0 Å². The normalized spacial score (nSPS) is 17.8. The van der Waals surface area contributed by atoms with Crippen LogP contribution >= 0.6 is 0 Å². The van der Waals surface area contributed by atoms with E-state index in [2.05, 4.69) is 33.6 Å². The number of amides is 1. The van der Waals surface area contributed by atoms with Crippen LogP contribution < -0.4 is 0 Å². The molecule has 5 nitrogen and oxygen atoms in total. The molecule has 0 N–H and O–H groups in total. The third-order valence-corrected chi connectivity index (χ3v) is 5.02. The van der Waals surface area contributed by atoms with E-state index in [0.717, 1.165) is 42.5 Å². The maximum Gasteiger partial charge on any atom is 0.255 e. The molecule has 0 aliphatic carbocycles. The Hall–Kier alpha value is -2.69. The number of hydrogen-bond acceptors (Lipinski definition) is 3. The van der Waals surface area contributed by atoms with Crippen molar-refractivity contribution in [3.63, 3.8) is 0 Å². The summed E-state index contributed by atoms with van der Waals surface area (Å²) >= 11 is 0. The predicted octanol–water partition coefficient (Wildman–Crippen LogP) is 3.53. The molecule has 5 heteroatoms. The molecule has 3 heterocycles. The first-order valence-electron chi connectivity index (χ1n) is 8.76. The van der Waals surface area contributed by atoms with Gasteiger partial charge in [0.1, 0.15) is 0 Å². The van der Waals surface area contributed by atoms with Crippen LogP contribution in [0.3, 0.4) is 0 Å². The van der Waals surface area contributed by atoms with Crippen molar-refractivity contribution in [2.75, 3.05) is 13.1 Å². The van der Waals surface area contributed by atoms with E-state index < -0.39 is 0 Å². The van der Waals surface area contributed by atoms with Crippen molar-refractivity contribution in [1.29, 1.82) is 0 Å². The lowest BCUT2D eigenvalue weighted by Crippen LogP contribution is -2.40. The maximum atomic E-state index is 13.1. The van der Waals surface area contributed by atoms with E-state index in [9.17, 15) is 4.79 Å². The molecule has 3 aromatic rings. The van der Waals surface area contributed by atoms with Crippen LogP contribution in [0.2, 0.25) is 0 Å². The number of nitrogens with zero attached hydrogens (tertiary/aromatic N) is 4. The molecule has 1 aliphatic heterocycles. The molecular weight excluding hydrogens is 312 g/mol. The number of pyridine rings is 1. The van der Waals surface area contributed by atoms with Crippen molar-refractivity contribution in [3.05, 3.63) is 59.8 Å². The summed E-state index contributed by atoms with van der Waals surface area (Å²) in [6.45, 7) is 5.50. The number of aromatic nitrogens is 3. The van der Waals surface area contributed by atoms with Crippen molar-refractivity contribution in [1.82, 2.24) is 19.4 Å². The van der Waals surface area contributed by atoms with Crippen LogP contribution in [0.5, 0.6) is 0 Å². The summed E-state index contributed by atoms with van der Waals surface area (Å²) in [4.78, 5) is 23.9. The van der Waals surface area contributed by atoms with Gasteiger partial charge in [0.25, 0.3) is 5.91 Å². The molecule has 1 atom stereocenters. The molecule has 2 aromatic heterocycles. The standard InChI is InChI=1S/C20H22N4O/c1-14-5-6-16-11-18(15(2)22-19(16)10-14)20(25)23-8-3-4-17(12-23)24-9-7-21-13-24/h5-7,9-11,13,17H,3-4,8,12H2,1-2H3/t17-/m1/s1. The molecule has 0 saturated carbocycles. The first kappa shape index (κ1) is 15.8. The number of rotatable bonds is 2. The van der Waals surface area contributed by atoms with Gasteiger partial charge in [0.2, 0.25) is 0 Å². The molecule has 4 rings (SSSR count). The summed E-state index contributed by atoms with van der Waals surface area (Å²) in [6.07, 6.45) is 7.69. The largest absolute Gasteiger partial charge is 0.337 e. The van der Waals surface area contributed by atoms with Gasteiger partial charge >= 0.3 is 0 Å². The van der Waals surface area contributed by atoms with Crippen molar-refractivity contribution in [2.45, 2.75) is 32.7 Å². The van der Waals surface area contributed by atoms with E-state index in [4.69, 9.17) is 0 Å².